The lowest BCUT2D eigenvalue weighted by atomic mass is 10.1. The molecule has 27 heavy (non-hydrogen) atoms. The highest BCUT2D eigenvalue weighted by molar-refractivity contribution is 5.75. The van der Waals surface area contributed by atoms with Crippen molar-refractivity contribution in [2.75, 3.05) is 13.1 Å². The molecule has 6 heteroatoms. The number of carbonyl (C=O) groups excluding carboxylic acids is 1. The Kier molecular flexibility index (Phi) is 5.14. The van der Waals surface area contributed by atoms with E-state index in [0.717, 1.165) is 24.8 Å². The van der Waals surface area contributed by atoms with Crippen LogP contribution in [-0.2, 0) is 6.42 Å². The molecule has 0 bridgehead atoms. The number of urea groups is 1. The monoisotopic (exact) mass is 362 g/mol. The SMILES string of the molecule is O=C(NCCc1ccccc1)N1CCCC1c1nc(-c2ccccc2)no1. The summed E-state index contributed by atoms with van der Waals surface area (Å²) in [6, 6.07) is 19.6. The molecule has 1 atom stereocenters. The molecule has 0 saturated carbocycles. The molecule has 2 amide bonds. The minimum atomic E-state index is -0.160. The van der Waals surface area contributed by atoms with Crippen LogP contribution in [0.1, 0.15) is 30.3 Å². The van der Waals surface area contributed by atoms with Gasteiger partial charge in [-0.2, -0.15) is 4.98 Å². The maximum absolute atomic E-state index is 12.6. The highest BCUT2D eigenvalue weighted by atomic mass is 16.5. The van der Waals surface area contributed by atoms with Gasteiger partial charge in [0.1, 0.15) is 6.04 Å². The molecule has 2 heterocycles. The van der Waals surface area contributed by atoms with Crippen LogP contribution >= 0.6 is 0 Å². The zero-order valence-electron chi connectivity index (χ0n) is 15.0. The van der Waals surface area contributed by atoms with Gasteiger partial charge in [0.15, 0.2) is 0 Å². The third kappa shape index (κ3) is 4.00. The number of rotatable bonds is 5. The van der Waals surface area contributed by atoms with Crippen molar-refractivity contribution in [1.82, 2.24) is 20.4 Å². The van der Waals surface area contributed by atoms with Gasteiger partial charge in [-0.05, 0) is 24.8 Å². The molecule has 1 aliphatic heterocycles. The largest absolute Gasteiger partial charge is 0.338 e. The first-order valence-electron chi connectivity index (χ1n) is 9.29. The van der Waals surface area contributed by atoms with Crippen molar-refractivity contribution in [3.8, 4) is 11.4 Å². The molecule has 0 radical (unpaired) electrons. The fraction of sp³-hybridized carbons (Fsp3) is 0.286. The molecule has 138 valence electrons. The maximum atomic E-state index is 12.6. The van der Waals surface area contributed by atoms with E-state index in [2.05, 4.69) is 27.6 Å². The van der Waals surface area contributed by atoms with Crippen molar-refractivity contribution >= 4 is 6.03 Å². The second kappa shape index (κ2) is 8.03. The summed E-state index contributed by atoms with van der Waals surface area (Å²) in [5.41, 5.74) is 2.12. The first-order chi connectivity index (χ1) is 13.3. The van der Waals surface area contributed by atoms with Crippen molar-refractivity contribution in [2.45, 2.75) is 25.3 Å². The molecule has 6 nitrogen and oxygen atoms in total. The van der Waals surface area contributed by atoms with Gasteiger partial charge in [-0.15, -0.1) is 0 Å². The van der Waals surface area contributed by atoms with Crippen LogP contribution in [0, 0.1) is 0 Å². The Labute approximate surface area is 158 Å². The molecule has 4 rings (SSSR count). The van der Waals surface area contributed by atoms with E-state index in [1.807, 2.05) is 48.5 Å². The number of amides is 2. The van der Waals surface area contributed by atoms with Crippen LogP contribution in [-0.4, -0.2) is 34.2 Å². The van der Waals surface area contributed by atoms with Crippen LogP contribution in [0.25, 0.3) is 11.4 Å². The molecule has 1 saturated heterocycles. The van der Waals surface area contributed by atoms with Gasteiger partial charge in [-0.1, -0.05) is 65.8 Å². The van der Waals surface area contributed by atoms with Crippen LogP contribution < -0.4 is 5.32 Å². The van der Waals surface area contributed by atoms with Crippen molar-refractivity contribution in [3.05, 3.63) is 72.1 Å². The van der Waals surface area contributed by atoms with Gasteiger partial charge in [0.25, 0.3) is 0 Å². The average molecular weight is 362 g/mol. The fourth-order valence-corrected chi connectivity index (χ4v) is 3.40. The third-order valence-electron chi connectivity index (χ3n) is 4.81. The highest BCUT2D eigenvalue weighted by Crippen LogP contribution is 2.31. The Morgan fingerprint density at radius 3 is 2.63 bits per heavy atom. The molecule has 1 unspecified atom stereocenters. The first kappa shape index (κ1) is 17.3. The van der Waals surface area contributed by atoms with Crippen molar-refractivity contribution in [1.29, 1.82) is 0 Å². The predicted octanol–water partition coefficient (Wildman–Crippen LogP) is 3.83. The number of nitrogens with one attached hydrogen (secondary N) is 1. The summed E-state index contributed by atoms with van der Waals surface area (Å²) < 4.78 is 5.47. The summed E-state index contributed by atoms with van der Waals surface area (Å²) in [6.45, 7) is 1.30. The van der Waals surface area contributed by atoms with Crippen LogP contribution in [0.15, 0.2) is 65.2 Å². The molecule has 3 aromatic rings. The van der Waals surface area contributed by atoms with Crippen molar-refractivity contribution in [3.63, 3.8) is 0 Å². The van der Waals surface area contributed by atoms with E-state index in [4.69, 9.17) is 4.52 Å². The van der Waals surface area contributed by atoms with Crippen molar-refractivity contribution < 1.29 is 9.32 Å². The van der Waals surface area contributed by atoms with Gasteiger partial charge in [-0.25, -0.2) is 4.79 Å². The van der Waals surface area contributed by atoms with Gasteiger partial charge in [0.05, 0.1) is 0 Å². The zero-order valence-corrected chi connectivity index (χ0v) is 15.0. The number of nitrogens with zero attached hydrogens (tertiary/aromatic N) is 3. The zero-order chi connectivity index (χ0) is 18.5. The van der Waals surface area contributed by atoms with Crippen LogP contribution in [0.2, 0.25) is 0 Å². The van der Waals surface area contributed by atoms with E-state index >= 15 is 0 Å². The van der Waals surface area contributed by atoms with Gasteiger partial charge >= 0.3 is 6.03 Å². The van der Waals surface area contributed by atoms with Crippen LogP contribution in [0.5, 0.6) is 0 Å². The normalized spacial score (nSPS) is 16.4. The summed E-state index contributed by atoms with van der Waals surface area (Å²) >= 11 is 0. The van der Waals surface area contributed by atoms with E-state index in [1.54, 1.807) is 4.90 Å². The number of hydrogen-bond acceptors (Lipinski definition) is 4. The molecule has 1 aromatic heterocycles. The Balaban J connectivity index is 1.38. The Hall–Kier alpha value is -3.15. The molecule has 0 aliphatic carbocycles. The highest BCUT2D eigenvalue weighted by Gasteiger charge is 2.34. The van der Waals surface area contributed by atoms with E-state index in [0.29, 0.717) is 24.8 Å². The molecule has 0 spiro atoms. The number of benzene rings is 2. The van der Waals surface area contributed by atoms with E-state index in [1.165, 1.54) is 5.56 Å². The lowest BCUT2D eigenvalue weighted by Crippen LogP contribution is -2.40. The fourth-order valence-electron chi connectivity index (χ4n) is 3.40. The summed E-state index contributed by atoms with van der Waals surface area (Å²) in [7, 11) is 0. The number of likely N-dealkylation sites (tertiary alicyclic amines) is 1. The molecular formula is C21H22N4O2. The Bertz CT molecular complexity index is 879. The molecule has 1 aliphatic rings. The van der Waals surface area contributed by atoms with E-state index in [9.17, 15) is 4.79 Å². The lowest BCUT2D eigenvalue weighted by molar-refractivity contribution is 0.180. The van der Waals surface area contributed by atoms with Crippen LogP contribution in [0.4, 0.5) is 4.79 Å². The second-order valence-corrected chi connectivity index (χ2v) is 6.64. The third-order valence-corrected chi connectivity index (χ3v) is 4.81. The summed E-state index contributed by atoms with van der Waals surface area (Å²) in [4.78, 5) is 18.9. The van der Waals surface area contributed by atoms with Crippen molar-refractivity contribution in [2.24, 2.45) is 0 Å². The maximum Gasteiger partial charge on any atom is 0.318 e. The van der Waals surface area contributed by atoms with Gasteiger partial charge in [0, 0.05) is 18.7 Å². The topological polar surface area (TPSA) is 71.3 Å². The summed E-state index contributed by atoms with van der Waals surface area (Å²) in [5.74, 6) is 1.06. The van der Waals surface area contributed by atoms with E-state index in [-0.39, 0.29) is 12.1 Å². The van der Waals surface area contributed by atoms with Gasteiger partial charge in [0.2, 0.25) is 11.7 Å². The average Bonchev–Trinajstić information content (AvgIpc) is 3.39. The molecule has 2 aromatic carbocycles. The van der Waals surface area contributed by atoms with Gasteiger partial charge < -0.3 is 14.7 Å². The molecule has 1 fully saturated rings. The van der Waals surface area contributed by atoms with E-state index < -0.39 is 0 Å². The minimum absolute atomic E-state index is 0.0760. The second-order valence-electron chi connectivity index (χ2n) is 6.64. The predicted molar refractivity (Wildman–Crippen MR) is 102 cm³/mol. The summed E-state index contributed by atoms with van der Waals surface area (Å²) in [5, 5.41) is 7.09. The molecular weight excluding hydrogens is 340 g/mol. The van der Waals surface area contributed by atoms with Gasteiger partial charge in [-0.3, -0.25) is 0 Å². The quantitative estimate of drug-likeness (QED) is 0.749. The standard InChI is InChI=1S/C21H22N4O2/c26-21(22-14-13-16-8-3-1-4-9-16)25-15-7-12-18(25)20-23-19(24-27-20)17-10-5-2-6-11-17/h1-6,8-11,18H,7,12-15H2,(H,22,26). The lowest BCUT2D eigenvalue weighted by Gasteiger charge is -2.22. The number of hydrogen-bond donors (Lipinski definition) is 1. The number of aromatic nitrogens is 2. The van der Waals surface area contributed by atoms with Crippen LogP contribution in [0.3, 0.4) is 0 Å². The minimum Gasteiger partial charge on any atom is -0.338 e. The summed E-state index contributed by atoms with van der Waals surface area (Å²) in [6.07, 6.45) is 2.58. The first-order valence-corrected chi connectivity index (χ1v) is 9.29. The Morgan fingerprint density at radius 2 is 1.85 bits per heavy atom. The smallest absolute Gasteiger partial charge is 0.318 e. The Morgan fingerprint density at radius 1 is 1.11 bits per heavy atom. The number of carbonyl (C=O) groups is 1. The molecule has 1 N–H and O–H groups in total.